The van der Waals surface area contributed by atoms with Crippen molar-refractivity contribution in [2.75, 3.05) is 0 Å². The van der Waals surface area contributed by atoms with E-state index < -0.39 is 0 Å². The van der Waals surface area contributed by atoms with Crippen LogP contribution >= 0.6 is 22.9 Å². The van der Waals surface area contributed by atoms with Crippen molar-refractivity contribution in [1.82, 2.24) is 0 Å². The van der Waals surface area contributed by atoms with Crippen molar-refractivity contribution in [3.05, 3.63) is 46.8 Å². The third kappa shape index (κ3) is 2.23. The lowest BCUT2D eigenvalue weighted by molar-refractivity contribution is 0.496. The van der Waals surface area contributed by atoms with Crippen LogP contribution in [-0.2, 0) is 0 Å². The highest BCUT2D eigenvalue weighted by Crippen LogP contribution is 2.27. The molecule has 0 aliphatic rings. The predicted molar refractivity (Wildman–Crippen MR) is 54.7 cm³/mol. The Bertz CT molecular complexity index is 384. The highest BCUT2D eigenvalue weighted by atomic mass is 35.5. The maximum atomic E-state index is 5.80. The number of benzene rings is 1. The molecular weight excluding hydrogens is 204 g/mol. The van der Waals surface area contributed by atoms with Crippen LogP contribution in [0.1, 0.15) is 0 Å². The van der Waals surface area contributed by atoms with Gasteiger partial charge in [-0.3, -0.25) is 0 Å². The zero-order valence-electron chi connectivity index (χ0n) is 6.66. The van der Waals surface area contributed by atoms with E-state index in [4.69, 9.17) is 16.3 Å². The summed E-state index contributed by atoms with van der Waals surface area (Å²) >= 11 is 7.23. The lowest BCUT2D eigenvalue weighted by Crippen LogP contribution is -1.79. The van der Waals surface area contributed by atoms with E-state index in [1.54, 1.807) is 6.07 Å². The average molecular weight is 210 g/mol. The van der Waals surface area contributed by atoms with Crippen molar-refractivity contribution >= 4 is 22.9 Å². The lowest BCUT2D eigenvalue weighted by Gasteiger charge is -2.01. The number of halogens is 1. The first-order chi connectivity index (χ1) is 6.34. The fourth-order valence-corrected chi connectivity index (χ4v) is 1.64. The van der Waals surface area contributed by atoms with Gasteiger partial charge in [0.1, 0.15) is 5.75 Å². The standard InChI is InChI=1S/C10H6ClOS/c11-8-3-1-4-9(7-8)12-10-5-2-6-13-10/h1-5,7H. The molecule has 0 N–H and O–H groups in total. The Labute approximate surface area is 85.5 Å². The molecule has 1 heterocycles. The highest BCUT2D eigenvalue weighted by Gasteiger charge is 1.97. The minimum Gasteiger partial charge on any atom is -0.447 e. The third-order valence-corrected chi connectivity index (χ3v) is 2.37. The van der Waals surface area contributed by atoms with Crippen LogP contribution in [0, 0.1) is 5.38 Å². The third-order valence-electron chi connectivity index (χ3n) is 1.46. The number of rotatable bonds is 2. The van der Waals surface area contributed by atoms with Crippen LogP contribution in [0.15, 0.2) is 36.4 Å². The number of hydrogen-bond donors (Lipinski definition) is 0. The Hall–Kier alpha value is -0.990. The molecule has 0 amide bonds. The summed E-state index contributed by atoms with van der Waals surface area (Å²) in [6.07, 6.45) is 0. The summed E-state index contributed by atoms with van der Waals surface area (Å²) in [5.41, 5.74) is 0. The maximum Gasteiger partial charge on any atom is 0.181 e. The fourth-order valence-electron chi connectivity index (χ4n) is 0.930. The van der Waals surface area contributed by atoms with E-state index >= 15 is 0 Å². The van der Waals surface area contributed by atoms with Crippen LogP contribution < -0.4 is 4.74 Å². The molecule has 0 atom stereocenters. The van der Waals surface area contributed by atoms with Crippen molar-refractivity contribution in [3.8, 4) is 10.8 Å². The molecule has 3 heteroatoms. The largest absolute Gasteiger partial charge is 0.447 e. The van der Waals surface area contributed by atoms with E-state index in [1.165, 1.54) is 11.3 Å². The fraction of sp³-hybridized carbons (Fsp3) is 0. The Morgan fingerprint density at radius 1 is 1.31 bits per heavy atom. The topological polar surface area (TPSA) is 9.23 Å². The Morgan fingerprint density at radius 3 is 2.92 bits per heavy atom. The zero-order chi connectivity index (χ0) is 9.10. The van der Waals surface area contributed by atoms with E-state index in [0.29, 0.717) is 5.02 Å². The molecule has 0 aliphatic carbocycles. The van der Waals surface area contributed by atoms with E-state index in [9.17, 15) is 0 Å². The monoisotopic (exact) mass is 209 g/mol. The summed E-state index contributed by atoms with van der Waals surface area (Å²) in [7, 11) is 0. The molecule has 0 aliphatic heterocycles. The molecule has 65 valence electrons. The van der Waals surface area contributed by atoms with Crippen LogP contribution in [0.2, 0.25) is 5.02 Å². The molecule has 0 bridgehead atoms. The van der Waals surface area contributed by atoms with Gasteiger partial charge in [0.15, 0.2) is 5.06 Å². The quantitative estimate of drug-likeness (QED) is 0.727. The summed E-state index contributed by atoms with van der Waals surface area (Å²) in [5.74, 6) is 0.753. The van der Waals surface area contributed by atoms with Crippen molar-refractivity contribution < 1.29 is 4.74 Å². The first-order valence-corrected chi connectivity index (χ1v) is 4.93. The summed E-state index contributed by atoms with van der Waals surface area (Å²) in [5, 5.41) is 4.45. The molecule has 1 aromatic carbocycles. The molecule has 13 heavy (non-hydrogen) atoms. The second kappa shape index (κ2) is 3.81. The second-order valence-corrected chi connectivity index (χ2v) is 3.71. The van der Waals surface area contributed by atoms with Gasteiger partial charge < -0.3 is 4.74 Å². The molecule has 0 saturated heterocycles. The van der Waals surface area contributed by atoms with Crippen molar-refractivity contribution in [2.24, 2.45) is 0 Å². The maximum absolute atomic E-state index is 5.80. The van der Waals surface area contributed by atoms with E-state index in [0.717, 1.165) is 10.8 Å². The van der Waals surface area contributed by atoms with Crippen molar-refractivity contribution in [3.63, 3.8) is 0 Å². The van der Waals surface area contributed by atoms with Gasteiger partial charge >= 0.3 is 0 Å². The van der Waals surface area contributed by atoms with Crippen molar-refractivity contribution in [1.29, 1.82) is 0 Å². The highest BCUT2D eigenvalue weighted by molar-refractivity contribution is 7.11. The molecule has 0 fully saturated rings. The van der Waals surface area contributed by atoms with Gasteiger partial charge in [-0.2, -0.15) is 0 Å². The minimum atomic E-state index is 0.679. The lowest BCUT2D eigenvalue weighted by atomic mass is 10.3. The normalized spacial score (nSPS) is 9.92. The van der Waals surface area contributed by atoms with Gasteiger partial charge in [-0.05, 0) is 30.3 Å². The Balaban J connectivity index is 2.19. The van der Waals surface area contributed by atoms with Gasteiger partial charge in [0.2, 0.25) is 0 Å². The summed E-state index contributed by atoms with van der Waals surface area (Å²) < 4.78 is 5.50. The van der Waals surface area contributed by atoms with E-state index in [-0.39, 0.29) is 0 Å². The van der Waals surface area contributed by atoms with Gasteiger partial charge in [0.25, 0.3) is 0 Å². The SMILES string of the molecule is Clc1cccc(Oc2cc[c]s2)c1. The van der Waals surface area contributed by atoms with Crippen LogP contribution in [0.25, 0.3) is 0 Å². The first-order valence-electron chi connectivity index (χ1n) is 3.74. The minimum absolute atomic E-state index is 0.679. The molecule has 2 aromatic rings. The van der Waals surface area contributed by atoms with Crippen molar-refractivity contribution in [2.45, 2.75) is 0 Å². The van der Waals surface area contributed by atoms with Gasteiger partial charge in [0, 0.05) is 10.4 Å². The molecule has 0 saturated carbocycles. The molecule has 0 unspecified atom stereocenters. The summed E-state index contributed by atoms with van der Waals surface area (Å²) in [6.45, 7) is 0. The van der Waals surface area contributed by atoms with Crippen LogP contribution in [0.4, 0.5) is 0 Å². The molecule has 0 spiro atoms. The van der Waals surface area contributed by atoms with E-state index in [2.05, 4.69) is 5.38 Å². The second-order valence-electron chi connectivity index (χ2n) is 2.43. The Morgan fingerprint density at radius 2 is 2.23 bits per heavy atom. The molecular formula is C10H6ClOS. The van der Waals surface area contributed by atoms with Crippen LogP contribution in [0.5, 0.6) is 10.8 Å². The van der Waals surface area contributed by atoms with E-state index in [1.807, 2.05) is 30.3 Å². The van der Waals surface area contributed by atoms with Gasteiger partial charge in [-0.25, -0.2) is 0 Å². The molecule has 1 radical (unpaired) electrons. The number of thiophene rings is 1. The van der Waals surface area contributed by atoms with Gasteiger partial charge in [-0.15, -0.1) is 0 Å². The van der Waals surface area contributed by atoms with Gasteiger partial charge in [0.05, 0.1) is 0 Å². The first kappa shape index (κ1) is 8.60. The van der Waals surface area contributed by atoms with Gasteiger partial charge in [-0.1, -0.05) is 29.0 Å². The zero-order valence-corrected chi connectivity index (χ0v) is 8.23. The van der Waals surface area contributed by atoms with Crippen LogP contribution in [-0.4, -0.2) is 0 Å². The van der Waals surface area contributed by atoms with Crippen LogP contribution in [0.3, 0.4) is 0 Å². The molecule has 1 aromatic heterocycles. The molecule has 1 nitrogen and oxygen atoms in total. The summed E-state index contributed by atoms with van der Waals surface area (Å²) in [6, 6.07) is 11.0. The number of hydrogen-bond acceptors (Lipinski definition) is 2. The average Bonchev–Trinajstić information content (AvgIpc) is 2.57. The smallest absolute Gasteiger partial charge is 0.181 e. The Kier molecular flexibility index (Phi) is 2.52. The number of ether oxygens (including phenoxy) is 1. The molecule has 2 rings (SSSR count). The predicted octanol–water partition coefficient (Wildman–Crippen LogP) is 3.99. The summed E-state index contributed by atoms with van der Waals surface area (Å²) in [4.78, 5) is 0.